The van der Waals surface area contributed by atoms with Crippen LogP contribution in [0.2, 0.25) is 0 Å². The van der Waals surface area contributed by atoms with Gasteiger partial charge in [0.1, 0.15) is 5.76 Å². The van der Waals surface area contributed by atoms with Gasteiger partial charge in [-0.25, -0.2) is 5.43 Å². The topological polar surface area (TPSA) is 98.5 Å². The minimum Gasteiger partial charge on any atom is -0.459 e. The van der Waals surface area contributed by atoms with Gasteiger partial charge in [-0.05, 0) is 48.2 Å². The summed E-state index contributed by atoms with van der Waals surface area (Å²) in [6, 6.07) is 26.6. The fraction of sp³-hybridized carbons (Fsp3) is 0. The second-order valence-electron chi connectivity index (χ2n) is 6.78. The van der Waals surface area contributed by atoms with Crippen LogP contribution in [0.1, 0.15) is 16.3 Å². The normalized spacial score (nSPS) is 11.2. The van der Waals surface area contributed by atoms with E-state index in [-0.39, 0.29) is 5.76 Å². The van der Waals surface area contributed by atoms with Crippen molar-refractivity contribution in [2.24, 2.45) is 5.10 Å². The molecule has 0 radical (unpaired) electrons. The molecule has 0 unspecified atom stereocenters. The number of rotatable bonds is 7. The Balaban J connectivity index is 1.37. The number of carbonyl (C=O) groups is 1. The highest BCUT2D eigenvalue weighted by Gasteiger charge is 2.18. The molecule has 0 aliphatic heterocycles. The summed E-state index contributed by atoms with van der Waals surface area (Å²) in [5, 5.41) is 14.0. The molecule has 0 saturated heterocycles. The maximum Gasteiger partial charge on any atom is 0.307 e. The minimum atomic E-state index is -0.443. The van der Waals surface area contributed by atoms with E-state index in [0.717, 1.165) is 17.1 Å². The van der Waals surface area contributed by atoms with E-state index < -0.39 is 5.91 Å². The highest BCUT2D eigenvalue weighted by Crippen LogP contribution is 2.32. The van der Waals surface area contributed by atoms with Crippen LogP contribution in [0, 0.1) is 0 Å². The number of benzene rings is 2. The summed E-state index contributed by atoms with van der Waals surface area (Å²) in [6.45, 7) is 0. The molecule has 8 nitrogen and oxygen atoms in total. The van der Waals surface area contributed by atoms with Gasteiger partial charge >= 0.3 is 5.91 Å². The number of hydrazone groups is 1. The van der Waals surface area contributed by atoms with Crippen molar-refractivity contribution in [3.63, 3.8) is 0 Å². The first-order chi connectivity index (χ1) is 16.3. The Kier molecular flexibility index (Phi) is 5.85. The second-order valence-corrected chi connectivity index (χ2v) is 7.75. The van der Waals surface area contributed by atoms with E-state index in [4.69, 9.17) is 8.83 Å². The average molecular weight is 455 g/mol. The van der Waals surface area contributed by atoms with E-state index in [2.05, 4.69) is 20.7 Å². The summed E-state index contributed by atoms with van der Waals surface area (Å²) in [6.07, 6.45) is 2.84. The lowest BCUT2D eigenvalue weighted by atomic mass is 10.2. The van der Waals surface area contributed by atoms with Gasteiger partial charge in [0.2, 0.25) is 5.16 Å². The van der Waals surface area contributed by atoms with E-state index in [1.165, 1.54) is 24.2 Å². The van der Waals surface area contributed by atoms with E-state index >= 15 is 0 Å². The van der Waals surface area contributed by atoms with Crippen LogP contribution in [0.3, 0.4) is 0 Å². The zero-order valence-electron chi connectivity index (χ0n) is 17.2. The van der Waals surface area contributed by atoms with Gasteiger partial charge in [0.05, 0.1) is 12.5 Å². The van der Waals surface area contributed by atoms with Gasteiger partial charge in [-0.3, -0.25) is 9.36 Å². The Morgan fingerprint density at radius 3 is 2.48 bits per heavy atom. The summed E-state index contributed by atoms with van der Waals surface area (Å²) >= 11 is 1.34. The molecular formula is C24H17N5O3S. The van der Waals surface area contributed by atoms with Gasteiger partial charge < -0.3 is 8.83 Å². The third-order valence-electron chi connectivity index (χ3n) is 4.58. The van der Waals surface area contributed by atoms with Gasteiger partial charge in [0, 0.05) is 11.3 Å². The average Bonchev–Trinajstić information content (AvgIpc) is 3.62. The van der Waals surface area contributed by atoms with E-state index in [0.29, 0.717) is 16.0 Å². The van der Waals surface area contributed by atoms with Crippen molar-refractivity contribution in [1.29, 1.82) is 0 Å². The van der Waals surface area contributed by atoms with Crippen LogP contribution in [0.25, 0.3) is 17.1 Å². The molecule has 9 heteroatoms. The Bertz CT molecular complexity index is 1380. The van der Waals surface area contributed by atoms with E-state index in [9.17, 15) is 4.79 Å². The molecule has 0 saturated carbocycles. The molecule has 0 atom stereocenters. The largest absolute Gasteiger partial charge is 0.459 e. The Hall–Kier alpha value is -4.37. The Morgan fingerprint density at radius 2 is 1.73 bits per heavy atom. The van der Waals surface area contributed by atoms with Crippen molar-refractivity contribution in [2.45, 2.75) is 10.2 Å². The van der Waals surface area contributed by atoms with Crippen molar-refractivity contribution in [2.75, 3.05) is 0 Å². The number of nitrogens with zero attached hydrogens (tertiary/aromatic N) is 4. The second kappa shape index (κ2) is 9.41. The fourth-order valence-corrected chi connectivity index (χ4v) is 3.90. The van der Waals surface area contributed by atoms with Gasteiger partial charge in [0.15, 0.2) is 16.7 Å². The SMILES string of the molecule is O=C(N/N=C\c1ccc(Sc2nnc(-c3ccccc3)n2-c2ccccc2)o1)c1ccco1. The lowest BCUT2D eigenvalue weighted by Crippen LogP contribution is -2.16. The number of carbonyl (C=O) groups excluding carboxylic acids is 1. The standard InChI is InChI=1S/C24H17N5O3S/c30-23(20-12-7-15-31-20)27-25-16-19-13-14-21(32-19)33-24-28-26-22(17-8-3-1-4-9-17)29(24)18-10-5-2-6-11-18/h1-16H,(H,27,30)/b25-16-. The maximum atomic E-state index is 11.9. The maximum absolute atomic E-state index is 11.9. The predicted molar refractivity (Wildman–Crippen MR) is 123 cm³/mol. The van der Waals surface area contributed by atoms with Crippen LogP contribution in [0.15, 0.2) is 115 Å². The summed E-state index contributed by atoms with van der Waals surface area (Å²) in [7, 11) is 0. The molecule has 0 aliphatic rings. The zero-order valence-corrected chi connectivity index (χ0v) is 18.0. The van der Waals surface area contributed by atoms with Gasteiger partial charge in [-0.15, -0.1) is 10.2 Å². The smallest absolute Gasteiger partial charge is 0.307 e. The lowest BCUT2D eigenvalue weighted by Gasteiger charge is -2.09. The molecule has 1 amide bonds. The molecule has 33 heavy (non-hydrogen) atoms. The lowest BCUT2D eigenvalue weighted by molar-refractivity contribution is 0.0927. The molecule has 0 spiro atoms. The van der Waals surface area contributed by atoms with Crippen molar-refractivity contribution in [1.82, 2.24) is 20.2 Å². The summed E-state index contributed by atoms with van der Waals surface area (Å²) < 4.78 is 12.8. The highest BCUT2D eigenvalue weighted by atomic mass is 32.2. The molecule has 0 bridgehead atoms. The van der Waals surface area contributed by atoms with Crippen LogP contribution in [0.4, 0.5) is 0 Å². The zero-order chi connectivity index (χ0) is 22.5. The Morgan fingerprint density at radius 1 is 0.939 bits per heavy atom. The molecule has 5 aromatic rings. The first kappa shape index (κ1) is 20.5. The van der Waals surface area contributed by atoms with Crippen molar-refractivity contribution < 1.29 is 13.6 Å². The third kappa shape index (κ3) is 4.63. The quantitative estimate of drug-likeness (QED) is 0.273. The number of para-hydroxylation sites is 1. The first-order valence-electron chi connectivity index (χ1n) is 9.99. The first-order valence-corrected chi connectivity index (χ1v) is 10.8. The van der Waals surface area contributed by atoms with Gasteiger partial charge in [0.25, 0.3) is 0 Å². The number of hydrogen-bond donors (Lipinski definition) is 1. The number of nitrogens with one attached hydrogen (secondary N) is 1. The highest BCUT2D eigenvalue weighted by molar-refractivity contribution is 7.99. The van der Waals surface area contributed by atoms with Crippen LogP contribution in [0.5, 0.6) is 0 Å². The van der Waals surface area contributed by atoms with Crippen molar-refractivity contribution in [3.05, 3.63) is 103 Å². The molecule has 162 valence electrons. The fourth-order valence-electron chi connectivity index (χ4n) is 3.09. The molecule has 0 fully saturated rings. The molecule has 2 aromatic carbocycles. The van der Waals surface area contributed by atoms with Crippen LogP contribution in [-0.2, 0) is 0 Å². The number of hydrogen-bond acceptors (Lipinski definition) is 7. The number of aromatic nitrogens is 3. The number of furan rings is 2. The molecule has 5 rings (SSSR count). The monoisotopic (exact) mass is 455 g/mol. The Labute approximate surface area is 193 Å². The van der Waals surface area contributed by atoms with Crippen molar-refractivity contribution in [3.8, 4) is 17.1 Å². The summed E-state index contributed by atoms with van der Waals surface area (Å²) in [4.78, 5) is 11.9. The van der Waals surface area contributed by atoms with Gasteiger partial charge in [-0.2, -0.15) is 5.10 Å². The summed E-state index contributed by atoms with van der Waals surface area (Å²) in [5.74, 6) is 0.948. The molecule has 3 aromatic heterocycles. The molecule has 0 aliphatic carbocycles. The predicted octanol–water partition coefficient (Wildman–Crippen LogP) is 5.04. The molecular weight excluding hydrogens is 438 g/mol. The van der Waals surface area contributed by atoms with Crippen LogP contribution >= 0.6 is 11.8 Å². The van der Waals surface area contributed by atoms with Crippen LogP contribution in [-0.4, -0.2) is 26.9 Å². The minimum absolute atomic E-state index is 0.178. The van der Waals surface area contributed by atoms with Crippen LogP contribution < -0.4 is 5.43 Å². The number of amides is 1. The van der Waals surface area contributed by atoms with Gasteiger partial charge in [-0.1, -0.05) is 48.5 Å². The summed E-state index contributed by atoms with van der Waals surface area (Å²) in [5.41, 5.74) is 4.29. The third-order valence-corrected chi connectivity index (χ3v) is 5.44. The molecule has 1 N–H and O–H groups in total. The van der Waals surface area contributed by atoms with E-state index in [1.807, 2.05) is 71.3 Å². The van der Waals surface area contributed by atoms with E-state index in [1.54, 1.807) is 18.2 Å². The molecule has 3 heterocycles. The van der Waals surface area contributed by atoms with Crippen molar-refractivity contribution >= 4 is 23.9 Å².